The van der Waals surface area contributed by atoms with Crippen molar-refractivity contribution in [3.63, 3.8) is 0 Å². The van der Waals surface area contributed by atoms with Crippen molar-refractivity contribution >= 4 is 11.8 Å². The fraction of sp³-hybridized carbons (Fsp3) is 0.625. The molecular weight excluding hydrogens is 284 g/mol. The first-order valence-electron chi connectivity index (χ1n) is 7.87. The van der Waals surface area contributed by atoms with Crippen LogP contribution in [0.1, 0.15) is 37.2 Å². The molecule has 22 heavy (non-hydrogen) atoms. The van der Waals surface area contributed by atoms with Crippen molar-refractivity contribution in [1.82, 2.24) is 10.2 Å². The smallest absolute Gasteiger partial charge is 0.242 e. The lowest BCUT2D eigenvalue weighted by Gasteiger charge is -2.23. The second-order valence-electron chi connectivity index (χ2n) is 5.97. The summed E-state index contributed by atoms with van der Waals surface area (Å²) < 4.78 is 11.0. The molecule has 2 aliphatic heterocycles. The van der Waals surface area contributed by atoms with E-state index in [-0.39, 0.29) is 17.9 Å². The number of hydrogen-bond acceptors (Lipinski definition) is 4. The predicted molar refractivity (Wildman–Crippen MR) is 79.0 cm³/mol. The summed E-state index contributed by atoms with van der Waals surface area (Å²) in [5, 5.41) is 2.92. The molecule has 0 aromatic carbocycles. The molecule has 3 rings (SSSR count). The summed E-state index contributed by atoms with van der Waals surface area (Å²) >= 11 is 0. The third kappa shape index (κ3) is 3.32. The van der Waals surface area contributed by atoms with Crippen LogP contribution in [0.25, 0.3) is 0 Å². The zero-order chi connectivity index (χ0) is 15.5. The first-order valence-corrected chi connectivity index (χ1v) is 7.87. The number of aryl methyl sites for hydroxylation is 1. The van der Waals surface area contributed by atoms with Gasteiger partial charge in [0.1, 0.15) is 17.6 Å². The number of nitrogens with one attached hydrogen (secondary N) is 1. The van der Waals surface area contributed by atoms with Crippen LogP contribution in [0.5, 0.6) is 0 Å². The van der Waals surface area contributed by atoms with E-state index >= 15 is 0 Å². The maximum atomic E-state index is 12.4. The van der Waals surface area contributed by atoms with Gasteiger partial charge in [0.15, 0.2) is 0 Å². The molecule has 1 aromatic heterocycles. The second kappa shape index (κ2) is 6.52. The van der Waals surface area contributed by atoms with Gasteiger partial charge in [-0.15, -0.1) is 0 Å². The molecule has 2 atom stereocenters. The van der Waals surface area contributed by atoms with Gasteiger partial charge in [0.25, 0.3) is 0 Å². The summed E-state index contributed by atoms with van der Waals surface area (Å²) in [4.78, 5) is 26.0. The Morgan fingerprint density at radius 2 is 2.27 bits per heavy atom. The number of carbonyl (C=O) groups is 2. The highest BCUT2D eigenvalue weighted by Crippen LogP contribution is 2.22. The first kappa shape index (κ1) is 15.1. The number of carbonyl (C=O) groups excluding carboxylic acids is 2. The Morgan fingerprint density at radius 1 is 1.41 bits per heavy atom. The zero-order valence-electron chi connectivity index (χ0n) is 12.8. The van der Waals surface area contributed by atoms with Gasteiger partial charge in [-0.3, -0.25) is 9.59 Å². The minimum absolute atomic E-state index is 0.00585. The van der Waals surface area contributed by atoms with Gasteiger partial charge in [0.05, 0.1) is 12.6 Å². The van der Waals surface area contributed by atoms with E-state index in [2.05, 4.69) is 5.32 Å². The summed E-state index contributed by atoms with van der Waals surface area (Å²) in [7, 11) is 0. The van der Waals surface area contributed by atoms with Crippen LogP contribution >= 0.6 is 0 Å². The average Bonchev–Trinajstić information content (AvgIpc) is 3.21. The van der Waals surface area contributed by atoms with Crippen molar-refractivity contribution in [1.29, 1.82) is 0 Å². The van der Waals surface area contributed by atoms with Gasteiger partial charge in [-0.05, 0) is 38.3 Å². The van der Waals surface area contributed by atoms with Gasteiger partial charge in [-0.25, -0.2) is 0 Å². The van der Waals surface area contributed by atoms with Crippen LogP contribution in [-0.4, -0.2) is 42.0 Å². The molecule has 120 valence electrons. The molecule has 2 fully saturated rings. The van der Waals surface area contributed by atoms with Crippen molar-refractivity contribution in [2.24, 2.45) is 0 Å². The van der Waals surface area contributed by atoms with E-state index in [1.165, 1.54) is 0 Å². The normalized spacial score (nSPS) is 25.0. The summed E-state index contributed by atoms with van der Waals surface area (Å²) in [6, 6.07) is 3.31. The van der Waals surface area contributed by atoms with E-state index in [0.29, 0.717) is 31.7 Å². The monoisotopic (exact) mass is 306 g/mol. The molecule has 1 N–H and O–H groups in total. The largest absolute Gasteiger partial charge is 0.464 e. The van der Waals surface area contributed by atoms with Crippen LogP contribution in [0.2, 0.25) is 0 Å². The highest BCUT2D eigenvalue weighted by Gasteiger charge is 2.36. The van der Waals surface area contributed by atoms with Crippen LogP contribution in [0, 0.1) is 6.92 Å². The number of ether oxygens (including phenoxy) is 1. The predicted octanol–water partition coefficient (Wildman–Crippen LogP) is 1.37. The summed E-state index contributed by atoms with van der Waals surface area (Å²) in [5.74, 6) is 1.43. The number of nitrogens with zero attached hydrogens (tertiary/aromatic N) is 1. The molecule has 0 saturated carbocycles. The zero-order valence-corrected chi connectivity index (χ0v) is 12.8. The number of amides is 2. The van der Waals surface area contributed by atoms with Crippen LogP contribution in [0.15, 0.2) is 16.5 Å². The molecule has 0 aliphatic carbocycles. The molecule has 2 aliphatic rings. The van der Waals surface area contributed by atoms with E-state index < -0.39 is 6.04 Å². The van der Waals surface area contributed by atoms with Crippen molar-refractivity contribution in [3.8, 4) is 0 Å². The van der Waals surface area contributed by atoms with Crippen LogP contribution in [-0.2, 0) is 20.9 Å². The number of rotatable bonds is 5. The number of likely N-dealkylation sites (tertiary alicyclic amines) is 1. The number of furan rings is 1. The van der Waals surface area contributed by atoms with E-state index in [9.17, 15) is 9.59 Å². The SMILES string of the molecule is Cc1ccc(CN2C(=O)CCC2C(=O)NCC2CCCO2)o1. The molecule has 0 spiro atoms. The lowest BCUT2D eigenvalue weighted by molar-refractivity contribution is -0.136. The Hall–Kier alpha value is -1.82. The number of hydrogen-bond donors (Lipinski definition) is 1. The van der Waals surface area contributed by atoms with E-state index in [0.717, 1.165) is 25.2 Å². The molecular formula is C16H22N2O4. The van der Waals surface area contributed by atoms with Crippen LogP contribution in [0.3, 0.4) is 0 Å². The van der Waals surface area contributed by atoms with E-state index in [1.54, 1.807) is 4.90 Å². The molecule has 1 aromatic rings. The minimum atomic E-state index is -0.403. The summed E-state index contributed by atoms with van der Waals surface area (Å²) in [5.41, 5.74) is 0. The van der Waals surface area contributed by atoms with Crippen LogP contribution < -0.4 is 5.32 Å². The highest BCUT2D eigenvalue weighted by atomic mass is 16.5. The summed E-state index contributed by atoms with van der Waals surface area (Å²) in [6.07, 6.45) is 3.13. The standard InChI is InChI=1S/C16H22N2O4/c1-11-4-5-13(22-11)10-18-14(6-7-15(18)19)16(20)17-9-12-3-2-8-21-12/h4-5,12,14H,2-3,6-10H2,1H3,(H,17,20). The Kier molecular flexibility index (Phi) is 4.47. The van der Waals surface area contributed by atoms with E-state index in [1.807, 2.05) is 19.1 Å². The van der Waals surface area contributed by atoms with Gasteiger partial charge in [0, 0.05) is 19.6 Å². The molecule has 0 bridgehead atoms. The quantitative estimate of drug-likeness (QED) is 0.892. The molecule has 6 heteroatoms. The lowest BCUT2D eigenvalue weighted by Crippen LogP contribution is -2.46. The Morgan fingerprint density at radius 3 is 2.95 bits per heavy atom. The van der Waals surface area contributed by atoms with Crippen molar-refractivity contribution in [3.05, 3.63) is 23.7 Å². The molecule has 2 unspecified atom stereocenters. The highest BCUT2D eigenvalue weighted by molar-refractivity contribution is 5.90. The Balaban J connectivity index is 1.58. The lowest BCUT2D eigenvalue weighted by atomic mass is 10.2. The third-order valence-corrected chi connectivity index (χ3v) is 4.28. The van der Waals surface area contributed by atoms with Gasteiger partial charge in [0.2, 0.25) is 11.8 Å². The topological polar surface area (TPSA) is 71.8 Å². The Labute approximate surface area is 129 Å². The average molecular weight is 306 g/mol. The first-order chi connectivity index (χ1) is 10.6. The summed E-state index contributed by atoms with van der Waals surface area (Å²) in [6.45, 7) is 3.51. The van der Waals surface area contributed by atoms with Gasteiger partial charge in [-0.1, -0.05) is 0 Å². The molecule has 2 saturated heterocycles. The van der Waals surface area contributed by atoms with Gasteiger partial charge < -0.3 is 19.4 Å². The molecule has 2 amide bonds. The fourth-order valence-electron chi connectivity index (χ4n) is 3.08. The molecule has 6 nitrogen and oxygen atoms in total. The van der Waals surface area contributed by atoms with E-state index in [4.69, 9.17) is 9.15 Å². The van der Waals surface area contributed by atoms with Crippen molar-refractivity contribution in [2.45, 2.75) is 51.3 Å². The fourth-order valence-corrected chi connectivity index (χ4v) is 3.08. The minimum Gasteiger partial charge on any atom is -0.464 e. The maximum absolute atomic E-state index is 12.4. The Bertz CT molecular complexity index is 548. The van der Waals surface area contributed by atoms with Gasteiger partial charge in [-0.2, -0.15) is 0 Å². The third-order valence-electron chi connectivity index (χ3n) is 4.28. The van der Waals surface area contributed by atoms with Crippen LogP contribution in [0.4, 0.5) is 0 Å². The second-order valence-corrected chi connectivity index (χ2v) is 5.97. The van der Waals surface area contributed by atoms with Crippen molar-refractivity contribution < 1.29 is 18.7 Å². The maximum Gasteiger partial charge on any atom is 0.242 e. The molecule has 3 heterocycles. The van der Waals surface area contributed by atoms with Gasteiger partial charge >= 0.3 is 0 Å². The van der Waals surface area contributed by atoms with Crippen molar-refractivity contribution in [2.75, 3.05) is 13.2 Å². The molecule has 0 radical (unpaired) electrons.